The lowest BCUT2D eigenvalue weighted by Gasteiger charge is -2.32. The van der Waals surface area contributed by atoms with Crippen molar-refractivity contribution >= 4 is 11.6 Å². The van der Waals surface area contributed by atoms with Crippen molar-refractivity contribution < 1.29 is 4.39 Å². The molecule has 118 valence electrons. The predicted molar refractivity (Wildman–Crippen MR) is 88.3 cm³/mol. The number of rotatable bonds is 6. The molecular formula is C18H27ClFN. The van der Waals surface area contributed by atoms with Crippen LogP contribution in [0.4, 0.5) is 4.39 Å². The second-order valence-corrected chi connectivity index (χ2v) is 7.18. The molecule has 2 atom stereocenters. The first-order valence-corrected chi connectivity index (χ1v) is 8.59. The topological polar surface area (TPSA) is 12.0 Å². The second kappa shape index (κ2) is 8.14. The van der Waals surface area contributed by atoms with Crippen molar-refractivity contribution in [1.29, 1.82) is 0 Å². The molecule has 3 heteroatoms. The molecular weight excluding hydrogens is 285 g/mol. The molecule has 1 saturated carbocycles. The monoisotopic (exact) mass is 311 g/mol. The summed E-state index contributed by atoms with van der Waals surface area (Å²) in [6, 6.07) is 5.37. The fourth-order valence-electron chi connectivity index (χ4n) is 3.37. The van der Waals surface area contributed by atoms with Crippen molar-refractivity contribution in [2.75, 3.05) is 13.1 Å². The van der Waals surface area contributed by atoms with Crippen LogP contribution >= 0.6 is 11.6 Å². The first-order chi connectivity index (χ1) is 10.1. The van der Waals surface area contributed by atoms with Gasteiger partial charge in [-0.3, -0.25) is 0 Å². The van der Waals surface area contributed by atoms with Gasteiger partial charge in [-0.15, -0.1) is 0 Å². The Balaban J connectivity index is 1.96. The second-order valence-electron chi connectivity index (χ2n) is 6.77. The Morgan fingerprint density at radius 1 is 1.24 bits per heavy atom. The number of halogens is 2. The van der Waals surface area contributed by atoms with Gasteiger partial charge in [0.15, 0.2) is 0 Å². The molecule has 1 aliphatic rings. The minimum Gasteiger partial charge on any atom is -0.316 e. The molecule has 0 heterocycles. The van der Waals surface area contributed by atoms with Crippen LogP contribution in [0.25, 0.3) is 0 Å². The van der Waals surface area contributed by atoms with Gasteiger partial charge in [0.05, 0.1) is 5.02 Å². The lowest BCUT2D eigenvalue weighted by atomic mass is 9.76. The van der Waals surface area contributed by atoms with Crippen molar-refractivity contribution in [2.45, 2.75) is 46.0 Å². The summed E-state index contributed by atoms with van der Waals surface area (Å²) in [6.07, 6.45) is 5.87. The normalized spacial score (nSPS) is 22.7. The molecule has 1 aliphatic carbocycles. The molecule has 1 aromatic rings. The maximum Gasteiger partial charge on any atom is 0.144 e. The van der Waals surface area contributed by atoms with Crippen LogP contribution in [0, 0.1) is 23.6 Å². The Bertz CT molecular complexity index is 447. The minimum atomic E-state index is -0.223. The summed E-state index contributed by atoms with van der Waals surface area (Å²) in [5.74, 6) is 1.69. The van der Waals surface area contributed by atoms with Crippen molar-refractivity contribution in [1.82, 2.24) is 5.32 Å². The van der Waals surface area contributed by atoms with Gasteiger partial charge in [0.1, 0.15) is 5.82 Å². The standard InChI is InChI=1S/C18H27ClFN/c1-13(2)11-21-12-16-7-4-3-6-14(16)10-15-8-5-9-17(19)18(15)20/h5,8-9,13-14,16,21H,3-4,6-7,10-12H2,1-2H3. The van der Waals surface area contributed by atoms with Crippen LogP contribution in [0.3, 0.4) is 0 Å². The highest BCUT2D eigenvalue weighted by Crippen LogP contribution is 2.33. The van der Waals surface area contributed by atoms with Crippen molar-refractivity contribution in [3.05, 3.63) is 34.6 Å². The average molecular weight is 312 g/mol. The van der Waals surface area contributed by atoms with E-state index in [0.29, 0.717) is 17.8 Å². The summed E-state index contributed by atoms with van der Waals surface area (Å²) in [6.45, 7) is 6.58. The average Bonchev–Trinajstić information content (AvgIpc) is 2.45. The summed E-state index contributed by atoms with van der Waals surface area (Å²) < 4.78 is 14.1. The number of benzene rings is 1. The Labute approximate surface area is 133 Å². The summed E-state index contributed by atoms with van der Waals surface area (Å²) in [7, 11) is 0. The summed E-state index contributed by atoms with van der Waals surface area (Å²) >= 11 is 5.90. The van der Waals surface area contributed by atoms with E-state index in [2.05, 4.69) is 19.2 Å². The summed E-state index contributed by atoms with van der Waals surface area (Å²) in [5.41, 5.74) is 0.781. The fourth-order valence-corrected chi connectivity index (χ4v) is 3.56. The maximum atomic E-state index is 14.1. The van der Waals surface area contributed by atoms with Crippen molar-refractivity contribution in [3.63, 3.8) is 0 Å². The van der Waals surface area contributed by atoms with Crippen LogP contribution in [-0.2, 0) is 6.42 Å². The van der Waals surface area contributed by atoms with E-state index in [9.17, 15) is 4.39 Å². The molecule has 2 unspecified atom stereocenters. The molecule has 0 bridgehead atoms. The molecule has 1 aromatic carbocycles. The van der Waals surface area contributed by atoms with Crippen LogP contribution in [0.5, 0.6) is 0 Å². The molecule has 1 fully saturated rings. The predicted octanol–water partition coefficient (Wildman–Crippen LogP) is 5.07. The number of nitrogens with one attached hydrogen (secondary N) is 1. The van der Waals surface area contributed by atoms with E-state index in [4.69, 9.17) is 11.6 Å². The molecule has 0 amide bonds. The van der Waals surface area contributed by atoms with E-state index in [-0.39, 0.29) is 10.8 Å². The van der Waals surface area contributed by atoms with Crippen LogP contribution in [0.1, 0.15) is 45.1 Å². The fraction of sp³-hybridized carbons (Fsp3) is 0.667. The lowest BCUT2D eigenvalue weighted by molar-refractivity contribution is 0.225. The van der Waals surface area contributed by atoms with Crippen molar-refractivity contribution in [2.24, 2.45) is 17.8 Å². The van der Waals surface area contributed by atoms with E-state index < -0.39 is 0 Å². The molecule has 2 rings (SSSR count). The highest BCUT2D eigenvalue weighted by molar-refractivity contribution is 6.30. The summed E-state index contributed by atoms with van der Waals surface area (Å²) in [4.78, 5) is 0. The zero-order chi connectivity index (χ0) is 15.2. The highest BCUT2D eigenvalue weighted by atomic mass is 35.5. The van der Waals surface area contributed by atoms with E-state index >= 15 is 0 Å². The van der Waals surface area contributed by atoms with Crippen LogP contribution < -0.4 is 5.32 Å². The van der Waals surface area contributed by atoms with Gasteiger partial charge in [-0.05, 0) is 61.7 Å². The van der Waals surface area contributed by atoms with Crippen molar-refractivity contribution in [3.8, 4) is 0 Å². The third-order valence-corrected chi connectivity index (χ3v) is 4.83. The Morgan fingerprint density at radius 3 is 2.67 bits per heavy atom. The van der Waals surface area contributed by atoms with E-state index in [1.165, 1.54) is 25.7 Å². The molecule has 0 radical (unpaired) electrons. The minimum absolute atomic E-state index is 0.223. The van der Waals surface area contributed by atoms with Gasteiger partial charge in [-0.25, -0.2) is 4.39 Å². The highest BCUT2D eigenvalue weighted by Gasteiger charge is 2.26. The van der Waals surface area contributed by atoms with Gasteiger partial charge in [0, 0.05) is 0 Å². The molecule has 21 heavy (non-hydrogen) atoms. The number of hydrogen-bond donors (Lipinski definition) is 1. The van der Waals surface area contributed by atoms with E-state index in [0.717, 1.165) is 25.1 Å². The Morgan fingerprint density at radius 2 is 1.95 bits per heavy atom. The zero-order valence-corrected chi connectivity index (χ0v) is 13.9. The molecule has 0 aromatic heterocycles. The van der Waals surface area contributed by atoms with Crippen LogP contribution in [0.2, 0.25) is 5.02 Å². The SMILES string of the molecule is CC(C)CNCC1CCCCC1Cc1cccc(Cl)c1F. The first-order valence-electron chi connectivity index (χ1n) is 8.21. The van der Waals surface area contributed by atoms with Crippen LogP contribution in [0.15, 0.2) is 18.2 Å². The third kappa shape index (κ3) is 4.96. The quantitative estimate of drug-likeness (QED) is 0.773. The molecule has 1 nitrogen and oxygen atoms in total. The Kier molecular flexibility index (Phi) is 6.50. The summed E-state index contributed by atoms with van der Waals surface area (Å²) in [5, 5.41) is 3.82. The molecule has 0 saturated heterocycles. The van der Waals surface area contributed by atoms with E-state index in [1.54, 1.807) is 6.07 Å². The van der Waals surface area contributed by atoms with E-state index in [1.807, 2.05) is 12.1 Å². The zero-order valence-electron chi connectivity index (χ0n) is 13.2. The Hall–Kier alpha value is -0.600. The van der Waals surface area contributed by atoms with Gasteiger partial charge >= 0.3 is 0 Å². The van der Waals surface area contributed by atoms with Gasteiger partial charge < -0.3 is 5.32 Å². The van der Waals surface area contributed by atoms with Gasteiger partial charge in [0.2, 0.25) is 0 Å². The molecule has 0 aliphatic heterocycles. The van der Waals surface area contributed by atoms with Gasteiger partial charge in [-0.2, -0.15) is 0 Å². The van der Waals surface area contributed by atoms with Gasteiger partial charge in [0.25, 0.3) is 0 Å². The lowest BCUT2D eigenvalue weighted by Crippen LogP contribution is -2.33. The first kappa shape index (κ1) is 16.8. The third-order valence-electron chi connectivity index (χ3n) is 4.54. The number of hydrogen-bond acceptors (Lipinski definition) is 1. The van der Waals surface area contributed by atoms with Gasteiger partial charge in [-0.1, -0.05) is 50.4 Å². The smallest absolute Gasteiger partial charge is 0.144 e. The largest absolute Gasteiger partial charge is 0.316 e. The van der Waals surface area contributed by atoms with Crippen LogP contribution in [-0.4, -0.2) is 13.1 Å². The molecule has 0 spiro atoms. The molecule has 1 N–H and O–H groups in total. The maximum absolute atomic E-state index is 14.1.